The molecule has 1 aromatic carbocycles. The van der Waals surface area contributed by atoms with Crippen LogP contribution in [-0.2, 0) is 9.53 Å². The molecular weight excluding hydrogens is 306 g/mol. The van der Waals surface area contributed by atoms with Crippen LogP contribution in [0.25, 0.3) is 11.1 Å². The number of carbonyl (C=O) groups excluding carboxylic acids is 2. The number of hydrogen-bond acceptors (Lipinski definition) is 5. The van der Waals surface area contributed by atoms with Crippen LogP contribution in [0.2, 0.25) is 0 Å². The zero-order valence-corrected chi connectivity index (χ0v) is 14.3. The summed E-state index contributed by atoms with van der Waals surface area (Å²) in [5, 5.41) is 0. The van der Waals surface area contributed by atoms with Crippen molar-refractivity contribution < 1.29 is 19.1 Å². The third-order valence-electron chi connectivity index (χ3n) is 3.68. The zero-order valence-electron chi connectivity index (χ0n) is 14.3. The minimum Gasteiger partial charge on any atom is -0.476 e. The van der Waals surface area contributed by atoms with E-state index in [1.165, 1.54) is 7.11 Å². The molecule has 0 aliphatic carbocycles. The Morgan fingerprint density at radius 3 is 2.17 bits per heavy atom. The maximum Gasteiger partial charge on any atom is 0.314 e. The van der Waals surface area contributed by atoms with Crippen LogP contribution in [0, 0.1) is 5.41 Å². The predicted molar refractivity (Wildman–Crippen MR) is 91.0 cm³/mol. The lowest BCUT2D eigenvalue weighted by atomic mass is 9.95. The molecule has 0 bridgehead atoms. The van der Waals surface area contributed by atoms with Crippen LogP contribution >= 0.6 is 0 Å². The number of aromatic nitrogens is 1. The fraction of sp³-hybridized carbons (Fsp3) is 0.316. The Bertz CT molecular complexity index is 718. The van der Waals surface area contributed by atoms with Crippen LogP contribution < -0.4 is 4.74 Å². The molecule has 5 heteroatoms. The number of rotatable bonds is 6. The van der Waals surface area contributed by atoms with Gasteiger partial charge in [0, 0.05) is 23.4 Å². The molecule has 2 aromatic rings. The van der Waals surface area contributed by atoms with Gasteiger partial charge in [-0.15, -0.1) is 0 Å². The first kappa shape index (κ1) is 17.7. The molecule has 0 aliphatic heterocycles. The molecular formula is C19H21NO4. The summed E-state index contributed by atoms with van der Waals surface area (Å²) in [6.45, 7) is 5.23. The molecule has 0 aliphatic rings. The highest BCUT2D eigenvalue weighted by atomic mass is 16.5. The largest absolute Gasteiger partial charge is 0.476 e. The van der Waals surface area contributed by atoms with Gasteiger partial charge in [0.05, 0.1) is 12.5 Å². The van der Waals surface area contributed by atoms with Gasteiger partial charge < -0.3 is 9.47 Å². The molecule has 1 heterocycles. The Labute approximate surface area is 141 Å². The summed E-state index contributed by atoms with van der Waals surface area (Å²) in [6, 6.07) is 11.0. The van der Waals surface area contributed by atoms with Gasteiger partial charge in [0.25, 0.3) is 0 Å². The van der Waals surface area contributed by atoms with Gasteiger partial charge >= 0.3 is 5.97 Å². The summed E-state index contributed by atoms with van der Waals surface area (Å²) in [7, 11) is 1.36. The summed E-state index contributed by atoms with van der Waals surface area (Å²) in [6.07, 6.45) is 1.70. The minimum absolute atomic E-state index is 0.0386. The minimum atomic E-state index is -0.738. The molecule has 0 radical (unpaired) electrons. The first-order valence-corrected chi connectivity index (χ1v) is 7.62. The summed E-state index contributed by atoms with van der Waals surface area (Å²) in [4.78, 5) is 27.2. The standard InChI is InChI=1S/C19H21NO4/c1-13(21)14-5-7-15(8-6-14)16-9-10-17(20-11-16)24-12-19(2,3)18(22)23-4/h5-11H,12H2,1-4H3. The number of pyridine rings is 1. The number of Topliss-reactive ketones (excluding diaryl/α,β-unsaturated/α-hetero) is 1. The Hall–Kier alpha value is -2.69. The van der Waals surface area contributed by atoms with Crippen molar-refractivity contribution >= 4 is 11.8 Å². The fourth-order valence-electron chi connectivity index (χ4n) is 2.12. The lowest BCUT2D eigenvalue weighted by Crippen LogP contribution is -2.32. The van der Waals surface area contributed by atoms with E-state index in [-0.39, 0.29) is 18.4 Å². The molecule has 0 fully saturated rings. The molecule has 0 saturated heterocycles. The van der Waals surface area contributed by atoms with Crippen molar-refractivity contribution in [3.63, 3.8) is 0 Å². The Balaban J connectivity index is 2.05. The monoisotopic (exact) mass is 327 g/mol. The Morgan fingerprint density at radius 2 is 1.67 bits per heavy atom. The third-order valence-corrected chi connectivity index (χ3v) is 3.68. The average molecular weight is 327 g/mol. The van der Waals surface area contributed by atoms with Crippen LogP contribution in [0.15, 0.2) is 42.6 Å². The SMILES string of the molecule is COC(=O)C(C)(C)COc1ccc(-c2ccc(C(C)=O)cc2)cn1. The van der Waals surface area contributed by atoms with Gasteiger partial charge in [0.1, 0.15) is 6.61 Å². The topological polar surface area (TPSA) is 65.5 Å². The van der Waals surface area contributed by atoms with Crippen molar-refractivity contribution in [3.8, 4) is 17.0 Å². The Morgan fingerprint density at radius 1 is 1.04 bits per heavy atom. The lowest BCUT2D eigenvalue weighted by Gasteiger charge is -2.21. The van der Waals surface area contributed by atoms with Gasteiger partial charge in [-0.1, -0.05) is 24.3 Å². The third kappa shape index (κ3) is 4.19. The highest BCUT2D eigenvalue weighted by Crippen LogP contribution is 2.23. The Kier molecular flexibility index (Phi) is 5.34. The molecule has 0 unspecified atom stereocenters. The highest BCUT2D eigenvalue weighted by Gasteiger charge is 2.29. The molecule has 0 N–H and O–H groups in total. The maximum atomic E-state index is 11.6. The second-order valence-corrected chi connectivity index (χ2v) is 6.18. The highest BCUT2D eigenvalue weighted by molar-refractivity contribution is 5.94. The molecule has 1 aromatic heterocycles. The van der Waals surface area contributed by atoms with Gasteiger partial charge in [-0.25, -0.2) is 4.98 Å². The van der Waals surface area contributed by atoms with E-state index < -0.39 is 5.41 Å². The van der Waals surface area contributed by atoms with E-state index >= 15 is 0 Å². The lowest BCUT2D eigenvalue weighted by molar-refractivity contribution is -0.152. The molecule has 0 saturated carbocycles. The second-order valence-electron chi connectivity index (χ2n) is 6.18. The van der Waals surface area contributed by atoms with Crippen molar-refractivity contribution in [2.75, 3.05) is 13.7 Å². The molecule has 5 nitrogen and oxygen atoms in total. The van der Waals surface area contributed by atoms with Gasteiger partial charge in [0.15, 0.2) is 5.78 Å². The van der Waals surface area contributed by atoms with Crippen LogP contribution in [-0.4, -0.2) is 30.5 Å². The van der Waals surface area contributed by atoms with E-state index in [9.17, 15) is 9.59 Å². The van der Waals surface area contributed by atoms with Crippen molar-refractivity contribution in [2.24, 2.45) is 5.41 Å². The average Bonchev–Trinajstić information content (AvgIpc) is 2.59. The number of esters is 1. The van der Waals surface area contributed by atoms with Gasteiger partial charge in [-0.3, -0.25) is 9.59 Å². The number of hydrogen-bond donors (Lipinski definition) is 0. The molecule has 0 amide bonds. The first-order valence-electron chi connectivity index (χ1n) is 7.62. The number of carbonyl (C=O) groups is 2. The van der Waals surface area contributed by atoms with E-state index in [1.54, 1.807) is 45.2 Å². The fourth-order valence-corrected chi connectivity index (χ4v) is 2.12. The van der Waals surface area contributed by atoms with Gasteiger partial charge in [-0.05, 0) is 32.4 Å². The van der Waals surface area contributed by atoms with Crippen molar-refractivity contribution in [1.82, 2.24) is 4.98 Å². The normalized spacial score (nSPS) is 11.0. The first-order chi connectivity index (χ1) is 11.3. The summed E-state index contributed by atoms with van der Waals surface area (Å²) in [5.41, 5.74) is 1.83. The summed E-state index contributed by atoms with van der Waals surface area (Å²) >= 11 is 0. The van der Waals surface area contributed by atoms with E-state index in [0.717, 1.165) is 11.1 Å². The van der Waals surface area contributed by atoms with Gasteiger partial charge in [0.2, 0.25) is 5.88 Å². The van der Waals surface area contributed by atoms with Crippen LogP contribution in [0.4, 0.5) is 0 Å². The number of nitrogens with zero attached hydrogens (tertiary/aromatic N) is 1. The van der Waals surface area contributed by atoms with Crippen molar-refractivity contribution in [3.05, 3.63) is 48.2 Å². The second kappa shape index (κ2) is 7.25. The molecule has 126 valence electrons. The van der Waals surface area contributed by atoms with Gasteiger partial charge in [-0.2, -0.15) is 0 Å². The van der Waals surface area contributed by atoms with E-state index in [2.05, 4.69) is 4.98 Å². The smallest absolute Gasteiger partial charge is 0.314 e. The summed E-state index contributed by atoms with van der Waals surface area (Å²) in [5.74, 6) is 0.150. The molecule has 2 rings (SSSR count). The quantitative estimate of drug-likeness (QED) is 0.600. The number of methoxy groups -OCH3 is 1. The number of benzene rings is 1. The summed E-state index contributed by atoms with van der Waals surface area (Å²) < 4.78 is 10.3. The number of ketones is 1. The maximum absolute atomic E-state index is 11.6. The van der Waals surface area contributed by atoms with E-state index in [1.807, 2.05) is 18.2 Å². The van der Waals surface area contributed by atoms with Crippen LogP contribution in [0.3, 0.4) is 0 Å². The van der Waals surface area contributed by atoms with E-state index in [0.29, 0.717) is 11.4 Å². The molecule has 24 heavy (non-hydrogen) atoms. The van der Waals surface area contributed by atoms with Crippen molar-refractivity contribution in [1.29, 1.82) is 0 Å². The molecule has 0 atom stereocenters. The molecule has 0 spiro atoms. The van der Waals surface area contributed by atoms with E-state index in [4.69, 9.17) is 9.47 Å². The number of ether oxygens (including phenoxy) is 2. The zero-order chi connectivity index (χ0) is 17.7. The van der Waals surface area contributed by atoms with Crippen molar-refractivity contribution in [2.45, 2.75) is 20.8 Å². The predicted octanol–water partition coefficient (Wildman–Crippen LogP) is 3.53. The van der Waals surface area contributed by atoms with Crippen LogP contribution in [0.1, 0.15) is 31.1 Å². The van der Waals surface area contributed by atoms with Crippen LogP contribution in [0.5, 0.6) is 5.88 Å².